The lowest BCUT2D eigenvalue weighted by Crippen LogP contribution is -2.46. The van der Waals surface area contributed by atoms with Gasteiger partial charge in [-0.1, -0.05) is 45.0 Å². The number of aliphatic hydroxyl groups excluding tert-OH is 1. The summed E-state index contributed by atoms with van der Waals surface area (Å²) in [6.45, 7) is 10.1. The topological polar surface area (TPSA) is 49.3 Å². The van der Waals surface area contributed by atoms with Crippen LogP contribution in [-0.2, 0) is 10.2 Å². The molecule has 0 aromatic heterocycles. The molecule has 0 fully saturated rings. The van der Waals surface area contributed by atoms with E-state index in [-0.39, 0.29) is 18.6 Å². The van der Waals surface area contributed by atoms with E-state index in [4.69, 9.17) is 0 Å². The highest BCUT2D eigenvalue weighted by Crippen LogP contribution is 2.25. The minimum absolute atomic E-state index is 0.0232. The summed E-state index contributed by atoms with van der Waals surface area (Å²) in [5.41, 5.74) is 1.66. The summed E-state index contributed by atoms with van der Waals surface area (Å²) in [6.07, 6.45) is 0.727. The lowest BCUT2D eigenvalue weighted by atomic mass is 9.82. The van der Waals surface area contributed by atoms with Crippen LogP contribution in [0.4, 0.5) is 0 Å². The third kappa shape index (κ3) is 3.83. The van der Waals surface area contributed by atoms with Crippen molar-refractivity contribution in [2.45, 2.75) is 58.4 Å². The van der Waals surface area contributed by atoms with Crippen LogP contribution < -0.4 is 5.32 Å². The van der Waals surface area contributed by atoms with Crippen molar-refractivity contribution in [3.63, 3.8) is 0 Å². The molecule has 2 N–H and O–H groups in total. The molecule has 0 saturated carbocycles. The van der Waals surface area contributed by atoms with Gasteiger partial charge in [0.05, 0.1) is 18.1 Å². The molecule has 3 heteroatoms. The molecule has 112 valence electrons. The number of nitrogens with one attached hydrogen (secondary N) is 1. The average molecular weight is 277 g/mol. The van der Waals surface area contributed by atoms with Crippen LogP contribution in [-0.4, -0.2) is 23.7 Å². The Labute approximate surface area is 122 Å². The molecule has 0 aliphatic carbocycles. The molecule has 1 aromatic carbocycles. The van der Waals surface area contributed by atoms with E-state index in [1.807, 2.05) is 32.9 Å². The van der Waals surface area contributed by atoms with Crippen LogP contribution in [0.3, 0.4) is 0 Å². The molecule has 0 unspecified atom stereocenters. The van der Waals surface area contributed by atoms with E-state index in [2.05, 4.69) is 31.3 Å². The highest BCUT2D eigenvalue weighted by Gasteiger charge is 2.30. The number of carbonyl (C=O) groups is 1. The summed E-state index contributed by atoms with van der Waals surface area (Å²) in [6, 6.07) is 8.04. The Balaban J connectivity index is 2.89. The van der Waals surface area contributed by atoms with Crippen LogP contribution in [0.15, 0.2) is 24.3 Å². The molecule has 1 amide bonds. The van der Waals surface area contributed by atoms with E-state index in [1.165, 1.54) is 5.56 Å². The number of carbonyl (C=O) groups excluding carboxylic acids is 1. The summed E-state index contributed by atoms with van der Waals surface area (Å²) < 4.78 is 0. The van der Waals surface area contributed by atoms with Gasteiger partial charge in [-0.2, -0.15) is 0 Å². The third-order valence-electron chi connectivity index (χ3n) is 3.92. The number of benzene rings is 1. The fraction of sp³-hybridized carbons (Fsp3) is 0.588. The van der Waals surface area contributed by atoms with Crippen molar-refractivity contribution in [3.05, 3.63) is 35.4 Å². The molecule has 0 saturated heterocycles. The number of aliphatic hydroxyl groups is 1. The van der Waals surface area contributed by atoms with Gasteiger partial charge in [0.2, 0.25) is 5.91 Å². The van der Waals surface area contributed by atoms with Crippen molar-refractivity contribution in [1.82, 2.24) is 5.32 Å². The van der Waals surface area contributed by atoms with Gasteiger partial charge < -0.3 is 10.4 Å². The van der Waals surface area contributed by atoms with Gasteiger partial charge in [0.15, 0.2) is 0 Å². The molecule has 0 aliphatic heterocycles. The summed E-state index contributed by atoms with van der Waals surface area (Å²) in [5.74, 6) is 0.440. The third-order valence-corrected chi connectivity index (χ3v) is 3.92. The predicted octanol–water partition coefficient (Wildman–Crippen LogP) is 2.97. The Morgan fingerprint density at radius 1 is 1.25 bits per heavy atom. The SMILES string of the molecule is CC[C@@H](CO)NC(=O)C(C)(C)c1ccc(C(C)C)cc1. The molecule has 0 radical (unpaired) electrons. The van der Waals surface area contributed by atoms with E-state index in [0.717, 1.165) is 12.0 Å². The summed E-state index contributed by atoms with van der Waals surface area (Å²) in [5, 5.41) is 12.1. The van der Waals surface area contributed by atoms with Gasteiger partial charge in [-0.3, -0.25) is 4.79 Å². The summed E-state index contributed by atoms with van der Waals surface area (Å²) in [4.78, 5) is 12.4. The Morgan fingerprint density at radius 3 is 2.20 bits per heavy atom. The van der Waals surface area contributed by atoms with Gasteiger partial charge in [-0.15, -0.1) is 0 Å². The second-order valence-corrected chi connectivity index (χ2v) is 6.16. The van der Waals surface area contributed by atoms with Gasteiger partial charge in [0.25, 0.3) is 0 Å². The highest BCUT2D eigenvalue weighted by molar-refractivity contribution is 5.87. The van der Waals surface area contributed by atoms with E-state index < -0.39 is 5.41 Å². The first-order chi connectivity index (χ1) is 9.32. The fourth-order valence-corrected chi connectivity index (χ4v) is 2.06. The normalized spacial score (nSPS) is 13.3. The lowest BCUT2D eigenvalue weighted by molar-refractivity contribution is -0.126. The highest BCUT2D eigenvalue weighted by atomic mass is 16.3. The van der Waals surface area contributed by atoms with E-state index in [9.17, 15) is 9.90 Å². The van der Waals surface area contributed by atoms with Crippen LogP contribution in [0.2, 0.25) is 0 Å². The molecule has 3 nitrogen and oxygen atoms in total. The first-order valence-electron chi connectivity index (χ1n) is 7.35. The first-order valence-corrected chi connectivity index (χ1v) is 7.35. The zero-order valence-electron chi connectivity index (χ0n) is 13.2. The molecule has 0 aliphatic rings. The molecule has 1 rings (SSSR count). The smallest absolute Gasteiger partial charge is 0.230 e. The maximum absolute atomic E-state index is 12.4. The van der Waals surface area contributed by atoms with Crippen LogP contribution in [0.25, 0.3) is 0 Å². The Kier molecular flexibility index (Phi) is 5.75. The van der Waals surface area contributed by atoms with Crippen molar-refractivity contribution in [2.24, 2.45) is 0 Å². The number of amides is 1. The van der Waals surface area contributed by atoms with E-state index in [0.29, 0.717) is 5.92 Å². The predicted molar refractivity (Wildman–Crippen MR) is 82.9 cm³/mol. The minimum Gasteiger partial charge on any atom is -0.394 e. The largest absolute Gasteiger partial charge is 0.394 e. The van der Waals surface area contributed by atoms with Crippen molar-refractivity contribution in [1.29, 1.82) is 0 Å². The first kappa shape index (κ1) is 16.7. The van der Waals surface area contributed by atoms with Crippen molar-refractivity contribution < 1.29 is 9.90 Å². The fourth-order valence-electron chi connectivity index (χ4n) is 2.06. The second kappa shape index (κ2) is 6.89. The average Bonchev–Trinajstić information content (AvgIpc) is 2.44. The van der Waals surface area contributed by atoms with Crippen molar-refractivity contribution >= 4 is 5.91 Å². The van der Waals surface area contributed by atoms with Crippen LogP contribution >= 0.6 is 0 Å². The van der Waals surface area contributed by atoms with Gasteiger partial charge in [-0.25, -0.2) is 0 Å². The molecule has 0 bridgehead atoms. The van der Waals surface area contributed by atoms with Crippen molar-refractivity contribution in [3.8, 4) is 0 Å². The summed E-state index contributed by atoms with van der Waals surface area (Å²) in [7, 11) is 0. The Hall–Kier alpha value is -1.35. The quantitative estimate of drug-likeness (QED) is 0.840. The van der Waals surface area contributed by atoms with Gasteiger partial charge in [-0.05, 0) is 37.3 Å². The standard InChI is InChI=1S/C17H27NO2/c1-6-15(11-19)18-16(20)17(4,5)14-9-7-13(8-10-14)12(2)3/h7-10,12,15,19H,6,11H2,1-5H3,(H,18,20)/t15-/m0/s1. The Bertz CT molecular complexity index is 431. The van der Waals surface area contributed by atoms with E-state index in [1.54, 1.807) is 0 Å². The molecular weight excluding hydrogens is 250 g/mol. The Morgan fingerprint density at radius 2 is 1.80 bits per heavy atom. The van der Waals surface area contributed by atoms with Gasteiger partial charge >= 0.3 is 0 Å². The second-order valence-electron chi connectivity index (χ2n) is 6.16. The molecule has 0 spiro atoms. The van der Waals surface area contributed by atoms with Gasteiger partial charge in [0.1, 0.15) is 0 Å². The monoisotopic (exact) mass is 277 g/mol. The number of hydrogen-bond acceptors (Lipinski definition) is 2. The van der Waals surface area contributed by atoms with E-state index >= 15 is 0 Å². The molecular formula is C17H27NO2. The minimum atomic E-state index is -0.599. The zero-order chi connectivity index (χ0) is 15.3. The molecule has 20 heavy (non-hydrogen) atoms. The van der Waals surface area contributed by atoms with Crippen molar-refractivity contribution in [2.75, 3.05) is 6.61 Å². The number of rotatable bonds is 6. The summed E-state index contributed by atoms with van der Waals surface area (Å²) >= 11 is 0. The molecule has 1 atom stereocenters. The van der Waals surface area contributed by atoms with Crippen LogP contribution in [0.1, 0.15) is 58.1 Å². The molecule has 1 aromatic rings. The molecule has 0 heterocycles. The van der Waals surface area contributed by atoms with Crippen LogP contribution in [0.5, 0.6) is 0 Å². The lowest BCUT2D eigenvalue weighted by Gasteiger charge is -2.27. The number of hydrogen-bond donors (Lipinski definition) is 2. The zero-order valence-corrected chi connectivity index (χ0v) is 13.2. The maximum atomic E-state index is 12.4. The van der Waals surface area contributed by atoms with Gasteiger partial charge in [0, 0.05) is 0 Å². The maximum Gasteiger partial charge on any atom is 0.230 e. The van der Waals surface area contributed by atoms with Crippen LogP contribution in [0, 0.1) is 0 Å².